The molecule has 8 nitrogen and oxygen atoms in total. The van der Waals surface area contributed by atoms with Gasteiger partial charge in [0.1, 0.15) is 18.1 Å². The highest BCUT2D eigenvalue weighted by molar-refractivity contribution is 7.92. The Balaban J connectivity index is 1.99. The Morgan fingerprint density at radius 1 is 0.914 bits per heavy atom. The lowest BCUT2D eigenvalue weighted by Gasteiger charge is -2.26. The number of benzene rings is 3. The van der Waals surface area contributed by atoms with Crippen LogP contribution in [0, 0.1) is 5.82 Å². The van der Waals surface area contributed by atoms with Crippen LogP contribution in [-0.2, 0) is 21.4 Å². The van der Waals surface area contributed by atoms with Gasteiger partial charge in [-0.15, -0.1) is 0 Å². The summed E-state index contributed by atoms with van der Waals surface area (Å²) in [6.07, 6.45) is 0. The topological polar surface area (TPSA) is 94.2 Å². The lowest BCUT2D eigenvalue weighted by molar-refractivity contribution is -0.119. The van der Waals surface area contributed by atoms with Crippen LogP contribution in [0.2, 0.25) is 5.02 Å². The zero-order chi connectivity index (χ0) is 25.6. The summed E-state index contributed by atoms with van der Waals surface area (Å²) in [7, 11) is -0.103. The van der Waals surface area contributed by atoms with Crippen molar-refractivity contribution in [1.29, 1.82) is 0 Å². The maximum Gasteiger partial charge on any atom is 0.265 e. The Morgan fingerprint density at radius 2 is 1.54 bits per heavy atom. The van der Waals surface area contributed by atoms with Crippen molar-refractivity contribution in [3.63, 3.8) is 0 Å². The van der Waals surface area contributed by atoms with E-state index in [-0.39, 0.29) is 33.6 Å². The van der Waals surface area contributed by atoms with E-state index in [0.29, 0.717) is 11.3 Å². The molecule has 0 aliphatic rings. The molecule has 0 heterocycles. The summed E-state index contributed by atoms with van der Waals surface area (Å²) in [6, 6.07) is 14.1. The molecule has 0 spiro atoms. The number of nitrogens with zero attached hydrogens (tertiary/aromatic N) is 1. The van der Waals surface area contributed by atoms with Crippen LogP contribution in [-0.4, -0.2) is 42.2 Å². The number of halogens is 2. The van der Waals surface area contributed by atoms with Crippen LogP contribution in [0.15, 0.2) is 65.6 Å². The number of anilines is 1. The molecule has 1 N–H and O–H groups in total. The van der Waals surface area contributed by atoms with Gasteiger partial charge in [-0.2, -0.15) is 0 Å². The van der Waals surface area contributed by atoms with E-state index in [1.165, 1.54) is 75.9 Å². The molecule has 0 aliphatic carbocycles. The molecule has 0 fully saturated rings. The van der Waals surface area contributed by atoms with Crippen LogP contribution in [0.3, 0.4) is 0 Å². The van der Waals surface area contributed by atoms with Gasteiger partial charge in [0.25, 0.3) is 10.0 Å². The Kier molecular flexibility index (Phi) is 8.42. The third-order valence-corrected chi connectivity index (χ3v) is 7.03. The summed E-state index contributed by atoms with van der Waals surface area (Å²) in [5.41, 5.74) is 0.723. The number of carbonyl (C=O) groups is 1. The largest absolute Gasteiger partial charge is 0.495 e. The van der Waals surface area contributed by atoms with Gasteiger partial charge in [0, 0.05) is 17.6 Å². The molecular formula is C24H24ClFN2O6S. The first-order valence-electron chi connectivity index (χ1n) is 10.3. The number of ether oxygens (including phenoxy) is 3. The van der Waals surface area contributed by atoms with Gasteiger partial charge in [0.15, 0.2) is 11.5 Å². The smallest absolute Gasteiger partial charge is 0.265 e. The van der Waals surface area contributed by atoms with Crippen LogP contribution in [0.4, 0.5) is 10.1 Å². The molecule has 35 heavy (non-hydrogen) atoms. The van der Waals surface area contributed by atoms with Gasteiger partial charge in [0.05, 0.1) is 31.9 Å². The van der Waals surface area contributed by atoms with Crippen LogP contribution < -0.4 is 23.8 Å². The third kappa shape index (κ3) is 6.14. The number of rotatable bonds is 10. The van der Waals surface area contributed by atoms with Gasteiger partial charge >= 0.3 is 0 Å². The zero-order valence-electron chi connectivity index (χ0n) is 19.2. The van der Waals surface area contributed by atoms with Crippen molar-refractivity contribution in [3.8, 4) is 17.2 Å². The second kappa shape index (κ2) is 11.3. The van der Waals surface area contributed by atoms with Crippen LogP contribution in [0.25, 0.3) is 0 Å². The summed E-state index contributed by atoms with van der Waals surface area (Å²) < 4.78 is 57.3. The second-order valence-corrected chi connectivity index (χ2v) is 9.55. The van der Waals surface area contributed by atoms with Crippen molar-refractivity contribution in [2.75, 3.05) is 32.2 Å². The minimum Gasteiger partial charge on any atom is -0.495 e. The lowest BCUT2D eigenvalue weighted by Crippen LogP contribution is -2.40. The zero-order valence-corrected chi connectivity index (χ0v) is 20.8. The maximum atomic E-state index is 13.7. The lowest BCUT2D eigenvalue weighted by atomic mass is 10.2. The number of methoxy groups -OCH3 is 3. The van der Waals surface area contributed by atoms with Crippen LogP contribution in [0.5, 0.6) is 17.2 Å². The minimum absolute atomic E-state index is 0.0757. The van der Waals surface area contributed by atoms with Gasteiger partial charge in [0.2, 0.25) is 5.91 Å². The summed E-state index contributed by atoms with van der Waals surface area (Å²) in [5, 5.41) is 2.90. The summed E-state index contributed by atoms with van der Waals surface area (Å²) in [6.45, 7) is -0.495. The fraction of sp³-hybridized carbons (Fsp3) is 0.208. The Bertz CT molecular complexity index is 1300. The molecule has 186 valence electrons. The minimum atomic E-state index is -4.30. The average Bonchev–Trinajstić information content (AvgIpc) is 2.86. The van der Waals surface area contributed by atoms with E-state index in [4.69, 9.17) is 25.8 Å². The molecule has 0 atom stereocenters. The predicted octanol–water partition coefficient (Wildman–Crippen LogP) is 4.02. The van der Waals surface area contributed by atoms with Crippen molar-refractivity contribution < 1.29 is 31.8 Å². The second-order valence-electron chi connectivity index (χ2n) is 7.25. The average molecular weight is 523 g/mol. The highest BCUT2D eigenvalue weighted by Gasteiger charge is 2.30. The van der Waals surface area contributed by atoms with Crippen molar-refractivity contribution in [2.24, 2.45) is 0 Å². The molecule has 3 aromatic rings. The first-order valence-corrected chi connectivity index (χ1v) is 12.1. The summed E-state index contributed by atoms with van der Waals surface area (Å²) >= 11 is 6.15. The quantitative estimate of drug-likeness (QED) is 0.432. The van der Waals surface area contributed by atoms with E-state index >= 15 is 0 Å². The molecule has 1 amide bonds. The number of sulfonamides is 1. The van der Waals surface area contributed by atoms with E-state index in [1.807, 2.05) is 0 Å². The highest BCUT2D eigenvalue weighted by atomic mass is 35.5. The first-order chi connectivity index (χ1) is 16.7. The third-order valence-electron chi connectivity index (χ3n) is 5.04. The Hall–Kier alpha value is -3.50. The molecule has 0 radical (unpaired) electrons. The number of hydrogen-bond acceptors (Lipinski definition) is 6. The van der Waals surface area contributed by atoms with Crippen molar-refractivity contribution in [2.45, 2.75) is 11.4 Å². The van der Waals surface area contributed by atoms with Crippen molar-refractivity contribution >= 4 is 33.2 Å². The molecule has 0 bridgehead atoms. The van der Waals surface area contributed by atoms with Crippen molar-refractivity contribution in [3.05, 3.63) is 77.1 Å². The highest BCUT2D eigenvalue weighted by Crippen LogP contribution is 2.36. The molecule has 0 aliphatic heterocycles. The number of nitrogens with one attached hydrogen (secondary N) is 1. The molecule has 0 unspecified atom stereocenters. The molecule has 0 saturated heterocycles. The first kappa shape index (κ1) is 26.1. The Labute approximate surface area is 208 Å². The van der Waals surface area contributed by atoms with E-state index in [0.717, 1.165) is 4.31 Å². The molecule has 0 saturated carbocycles. The molecule has 11 heteroatoms. The predicted molar refractivity (Wildman–Crippen MR) is 130 cm³/mol. The van der Waals surface area contributed by atoms with Crippen LogP contribution >= 0.6 is 11.6 Å². The fourth-order valence-electron chi connectivity index (χ4n) is 3.25. The molecular weight excluding hydrogens is 499 g/mol. The van der Waals surface area contributed by atoms with Gasteiger partial charge in [-0.3, -0.25) is 9.10 Å². The number of hydrogen-bond donors (Lipinski definition) is 1. The van der Waals surface area contributed by atoms with Crippen LogP contribution in [0.1, 0.15) is 5.56 Å². The SMILES string of the molecule is COc1ccc(S(=O)(=O)N(CC(=O)NCc2ccc(F)cc2)c2cc(Cl)ccc2OC)cc1OC. The van der Waals surface area contributed by atoms with Gasteiger partial charge in [-0.1, -0.05) is 23.7 Å². The van der Waals surface area contributed by atoms with E-state index in [1.54, 1.807) is 6.07 Å². The Morgan fingerprint density at radius 3 is 2.17 bits per heavy atom. The van der Waals surface area contributed by atoms with E-state index in [9.17, 15) is 17.6 Å². The normalized spacial score (nSPS) is 11.0. The maximum absolute atomic E-state index is 13.7. The van der Waals surface area contributed by atoms with E-state index in [2.05, 4.69) is 5.32 Å². The fourth-order valence-corrected chi connectivity index (χ4v) is 4.86. The van der Waals surface area contributed by atoms with Gasteiger partial charge < -0.3 is 19.5 Å². The van der Waals surface area contributed by atoms with Gasteiger partial charge in [-0.05, 0) is 48.0 Å². The number of carbonyl (C=O) groups excluding carboxylic acids is 1. The summed E-state index contributed by atoms with van der Waals surface area (Å²) in [5.74, 6) is -0.256. The van der Waals surface area contributed by atoms with E-state index < -0.39 is 28.3 Å². The van der Waals surface area contributed by atoms with Gasteiger partial charge in [-0.25, -0.2) is 12.8 Å². The van der Waals surface area contributed by atoms with Crippen molar-refractivity contribution in [1.82, 2.24) is 5.32 Å². The molecule has 3 rings (SSSR count). The monoisotopic (exact) mass is 522 g/mol. The molecule has 0 aromatic heterocycles. The molecule has 3 aromatic carbocycles. The standard InChI is InChI=1S/C24H24ClFN2O6S/c1-32-21-10-6-17(25)12-20(21)28(15-24(29)27-14-16-4-7-18(26)8-5-16)35(30,31)19-9-11-22(33-2)23(13-19)34-3/h4-13H,14-15H2,1-3H3,(H,27,29). The summed E-state index contributed by atoms with van der Waals surface area (Å²) in [4.78, 5) is 12.7. The number of amides is 1.